The first-order valence-electron chi connectivity index (χ1n) is 4.41. The molecule has 14 heavy (non-hydrogen) atoms. The number of likely N-dealkylation sites (tertiary alicyclic amines) is 1. The summed E-state index contributed by atoms with van der Waals surface area (Å²) in [4.78, 5) is 22.5. The predicted octanol–water partition coefficient (Wildman–Crippen LogP) is 1.36. The lowest BCUT2D eigenvalue weighted by Crippen LogP contribution is -2.40. The van der Waals surface area contributed by atoms with Crippen molar-refractivity contribution in [3.63, 3.8) is 0 Å². The summed E-state index contributed by atoms with van der Waals surface area (Å²) < 4.78 is 4.62. The normalized spacial score (nSPS) is 33.8. The van der Waals surface area contributed by atoms with Gasteiger partial charge < -0.3 is 14.7 Å². The van der Waals surface area contributed by atoms with Crippen LogP contribution in [0.25, 0.3) is 0 Å². The molecule has 0 radical (unpaired) electrons. The van der Waals surface area contributed by atoms with E-state index in [2.05, 4.69) is 4.74 Å². The highest BCUT2D eigenvalue weighted by Gasteiger charge is 2.54. The minimum absolute atomic E-state index is 0.0792. The molecule has 2 fully saturated rings. The molecule has 1 aliphatic carbocycles. The Bertz CT molecular complexity index is 283. The van der Waals surface area contributed by atoms with Crippen LogP contribution < -0.4 is 0 Å². The highest BCUT2D eigenvalue weighted by Crippen LogP contribution is 2.49. The molecule has 0 unspecified atom stereocenters. The molecule has 1 saturated heterocycles. The van der Waals surface area contributed by atoms with Gasteiger partial charge in [-0.15, -0.1) is 0 Å². The topological polar surface area (TPSA) is 66.8 Å². The Morgan fingerprint density at radius 3 is 2.86 bits per heavy atom. The van der Waals surface area contributed by atoms with E-state index in [1.165, 1.54) is 4.90 Å². The fourth-order valence-electron chi connectivity index (χ4n) is 2.16. The van der Waals surface area contributed by atoms with Crippen LogP contribution >= 0.6 is 11.6 Å². The Morgan fingerprint density at radius 1 is 1.57 bits per heavy atom. The van der Waals surface area contributed by atoms with E-state index < -0.39 is 11.5 Å². The molecule has 6 heteroatoms. The third-order valence-corrected chi connectivity index (χ3v) is 3.03. The lowest BCUT2D eigenvalue weighted by molar-refractivity contribution is 0.0964. The third-order valence-electron chi connectivity index (χ3n) is 2.92. The van der Waals surface area contributed by atoms with Gasteiger partial charge in [-0.2, -0.15) is 0 Å². The first-order chi connectivity index (χ1) is 6.59. The van der Waals surface area contributed by atoms with E-state index in [1.807, 2.05) is 0 Å². The van der Waals surface area contributed by atoms with Crippen LogP contribution in [0, 0.1) is 11.8 Å². The summed E-state index contributed by atoms with van der Waals surface area (Å²) in [6, 6.07) is -0.194. The number of nitrogens with zero attached hydrogens (tertiary/aromatic N) is 1. The molecule has 2 aliphatic rings. The van der Waals surface area contributed by atoms with Crippen LogP contribution in [-0.2, 0) is 4.74 Å². The number of carbonyl (C=O) groups is 2. The predicted molar refractivity (Wildman–Crippen MR) is 47.3 cm³/mol. The zero-order valence-corrected chi connectivity index (χ0v) is 8.11. The van der Waals surface area contributed by atoms with Crippen LogP contribution in [0.4, 0.5) is 9.59 Å². The van der Waals surface area contributed by atoms with E-state index in [0.29, 0.717) is 18.4 Å². The second kappa shape index (κ2) is 3.31. The van der Waals surface area contributed by atoms with E-state index >= 15 is 0 Å². The number of carboxylic acid groups (broad SMARTS) is 1. The fourth-order valence-corrected chi connectivity index (χ4v) is 2.22. The van der Waals surface area contributed by atoms with E-state index in [1.54, 1.807) is 0 Å². The van der Waals surface area contributed by atoms with Gasteiger partial charge >= 0.3 is 11.5 Å². The minimum atomic E-state index is -0.951. The van der Waals surface area contributed by atoms with E-state index in [0.717, 1.165) is 6.42 Å². The Balaban J connectivity index is 1.93. The number of amides is 1. The van der Waals surface area contributed by atoms with Gasteiger partial charge in [0.15, 0.2) is 0 Å². The van der Waals surface area contributed by atoms with Crippen molar-refractivity contribution >= 4 is 23.1 Å². The van der Waals surface area contributed by atoms with Crippen LogP contribution in [0.1, 0.15) is 6.42 Å². The molecule has 0 bridgehead atoms. The molecule has 2 rings (SSSR count). The minimum Gasteiger partial charge on any atom is -0.465 e. The van der Waals surface area contributed by atoms with Crippen molar-refractivity contribution in [1.82, 2.24) is 4.90 Å². The van der Waals surface area contributed by atoms with Gasteiger partial charge in [-0.1, -0.05) is 0 Å². The zero-order chi connectivity index (χ0) is 10.3. The maximum Gasteiger partial charge on any atom is 0.407 e. The van der Waals surface area contributed by atoms with Crippen molar-refractivity contribution in [1.29, 1.82) is 0 Å². The quantitative estimate of drug-likeness (QED) is 0.712. The largest absolute Gasteiger partial charge is 0.465 e. The van der Waals surface area contributed by atoms with Gasteiger partial charge in [0, 0.05) is 18.1 Å². The molecule has 1 saturated carbocycles. The molecule has 1 heterocycles. The highest BCUT2D eigenvalue weighted by molar-refractivity contribution is 6.61. The van der Waals surface area contributed by atoms with Gasteiger partial charge in [-0.3, -0.25) is 0 Å². The number of ether oxygens (including phenoxy) is 1. The van der Waals surface area contributed by atoms with Crippen molar-refractivity contribution in [2.75, 3.05) is 13.2 Å². The Hall–Kier alpha value is -0.970. The molecular formula is C8H10ClNO4. The van der Waals surface area contributed by atoms with Crippen molar-refractivity contribution in [3.8, 4) is 0 Å². The third kappa shape index (κ3) is 1.64. The summed E-state index contributed by atoms with van der Waals surface area (Å²) in [6.07, 6.45) is 0.0849. The summed E-state index contributed by atoms with van der Waals surface area (Å²) in [5, 5.41) is 8.84. The SMILES string of the molecule is O=C(Cl)OC[C@H]1[C@@H]2C[C@@H]2CN1C(=O)O. The van der Waals surface area contributed by atoms with Crippen LogP contribution in [0.3, 0.4) is 0 Å². The number of fused-ring (bicyclic) bond motifs is 1. The second-order valence-corrected chi connectivity index (χ2v) is 4.02. The molecule has 0 aromatic heterocycles. The van der Waals surface area contributed by atoms with Crippen molar-refractivity contribution in [3.05, 3.63) is 0 Å². The molecule has 1 N–H and O–H groups in total. The molecule has 0 aromatic carbocycles. The van der Waals surface area contributed by atoms with Gasteiger partial charge in [0.1, 0.15) is 6.61 Å². The second-order valence-electron chi connectivity index (χ2n) is 3.71. The number of halogens is 1. The first kappa shape index (κ1) is 9.58. The summed E-state index contributed by atoms with van der Waals surface area (Å²) in [5.74, 6) is 0.826. The Kier molecular flexibility index (Phi) is 2.26. The van der Waals surface area contributed by atoms with Gasteiger partial charge in [-0.25, -0.2) is 9.59 Å². The number of hydrogen-bond acceptors (Lipinski definition) is 3. The van der Waals surface area contributed by atoms with Crippen LogP contribution in [-0.4, -0.2) is 40.7 Å². The molecule has 0 spiro atoms. The van der Waals surface area contributed by atoms with Crippen molar-refractivity contribution in [2.24, 2.45) is 11.8 Å². The van der Waals surface area contributed by atoms with Crippen LogP contribution in [0.2, 0.25) is 0 Å². The van der Waals surface area contributed by atoms with E-state index in [9.17, 15) is 9.59 Å². The van der Waals surface area contributed by atoms with Gasteiger partial charge in [-0.05, 0) is 18.3 Å². The Labute approximate surface area is 85.6 Å². The molecule has 78 valence electrons. The van der Waals surface area contributed by atoms with Gasteiger partial charge in [0.25, 0.3) is 0 Å². The summed E-state index contributed by atoms with van der Waals surface area (Å²) in [6.45, 7) is 0.639. The van der Waals surface area contributed by atoms with Crippen LogP contribution in [0.15, 0.2) is 0 Å². The lowest BCUT2D eigenvalue weighted by Gasteiger charge is -2.23. The maximum atomic E-state index is 10.8. The zero-order valence-electron chi connectivity index (χ0n) is 7.35. The molecule has 1 aliphatic heterocycles. The van der Waals surface area contributed by atoms with Crippen molar-refractivity contribution in [2.45, 2.75) is 12.5 Å². The van der Waals surface area contributed by atoms with Crippen LogP contribution in [0.5, 0.6) is 0 Å². The lowest BCUT2D eigenvalue weighted by atomic mass is 10.2. The van der Waals surface area contributed by atoms with E-state index in [-0.39, 0.29) is 12.6 Å². The average Bonchev–Trinajstić information content (AvgIpc) is 2.76. The first-order valence-corrected chi connectivity index (χ1v) is 4.79. The molecule has 5 nitrogen and oxygen atoms in total. The molecule has 1 amide bonds. The average molecular weight is 220 g/mol. The fraction of sp³-hybridized carbons (Fsp3) is 0.750. The van der Waals surface area contributed by atoms with Crippen molar-refractivity contribution < 1.29 is 19.4 Å². The maximum absolute atomic E-state index is 10.8. The number of hydrogen-bond donors (Lipinski definition) is 1. The molecule has 3 atom stereocenters. The van der Waals surface area contributed by atoms with Gasteiger partial charge in [0.05, 0.1) is 6.04 Å². The smallest absolute Gasteiger partial charge is 0.407 e. The number of rotatable bonds is 2. The number of piperidine rings is 1. The molecule has 0 aromatic rings. The summed E-state index contributed by atoms with van der Waals surface area (Å²) in [7, 11) is 0. The summed E-state index contributed by atoms with van der Waals surface area (Å²) in [5.41, 5.74) is -0.876. The monoisotopic (exact) mass is 219 g/mol. The number of carbonyl (C=O) groups excluding carboxylic acids is 1. The molecular weight excluding hydrogens is 210 g/mol. The van der Waals surface area contributed by atoms with E-state index in [4.69, 9.17) is 16.7 Å². The van der Waals surface area contributed by atoms with Gasteiger partial charge in [0.2, 0.25) is 0 Å². The standard InChI is InChI=1S/C8H10ClNO4/c9-7(11)14-3-6-5-1-4(5)2-10(6)8(12)13/h4-6H,1-3H2,(H,12,13)/t4-,5-,6+/m1/s1. The highest BCUT2D eigenvalue weighted by atomic mass is 35.5. The summed E-state index contributed by atoms with van der Waals surface area (Å²) >= 11 is 5.02. The Morgan fingerprint density at radius 2 is 2.29 bits per heavy atom.